The van der Waals surface area contributed by atoms with E-state index in [4.69, 9.17) is 14.2 Å². The molecule has 20 heteroatoms. The first kappa shape index (κ1) is 40.7. The van der Waals surface area contributed by atoms with Crippen molar-refractivity contribution in [2.45, 2.75) is 118 Å². The van der Waals surface area contributed by atoms with Crippen molar-refractivity contribution in [2.75, 3.05) is 19.8 Å². The highest BCUT2D eigenvalue weighted by Gasteiger charge is 2.77. The Labute approximate surface area is 272 Å². The maximum atomic E-state index is 13.1. The normalized spacial score (nSPS) is 47.1. The quantitative estimate of drug-likeness (QED) is 0.0742. The second-order valence-electron chi connectivity index (χ2n) is 12.6. The van der Waals surface area contributed by atoms with E-state index >= 15 is 0 Å². The van der Waals surface area contributed by atoms with Crippen molar-refractivity contribution in [1.82, 2.24) is 0 Å². The molecule has 0 bridgehead atoms. The Hall–Kier alpha value is -1.77. The lowest BCUT2D eigenvalue weighted by Crippen LogP contribution is -2.81. The first-order valence-electron chi connectivity index (χ1n) is 14.8. The molecule has 0 amide bonds. The minimum atomic E-state index is -3.79. The Morgan fingerprint density at radius 2 is 0.979 bits per heavy atom. The Kier molecular flexibility index (Phi) is 12.2. The summed E-state index contributed by atoms with van der Waals surface area (Å²) in [5, 5.41) is 174. The monoisotopic (exact) mass is 702 g/mol. The van der Waals surface area contributed by atoms with Gasteiger partial charge in [-0.3, -0.25) is 0 Å². The molecule has 3 saturated heterocycles. The summed E-state index contributed by atoms with van der Waals surface area (Å²) in [6.45, 7) is -0.0812. The molecule has 278 valence electrons. The summed E-state index contributed by atoms with van der Waals surface area (Å²) in [6.07, 6.45) is -28.6. The lowest BCUT2D eigenvalue weighted by molar-refractivity contribution is -0.461. The molecule has 3 rings (SSSR count). The van der Waals surface area contributed by atoms with Crippen LogP contribution >= 0.6 is 0 Å². The zero-order valence-electron chi connectivity index (χ0n) is 26.1. The van der Waals surface area contributed by atoms with Gasteiger partial charge in [0.1, 0.15) is 78.7 Å². The van der Waals surface area contributed by atoms with Crippen molar-refractivity contribution >= 4 is 5.97 Å². The van der Waals surface area contributed by atoms with Gasteiger partial charge in [0.05, 0.1) is 25.4 Å². The van der Waals surface area contributed by atoms with Gasteiger partial charge in [0, 0.05) is 0 Å². The third kappa shape index (κ3) is 6.01. The molecule has 0 aromatic carbocycles. The number of aliphatic carboxylic acids is 1. The van der Waals surface area contributed by atoms with Crippen LogP contribution in [-0.4, -0.2) is 198 Å². The number of ether oxygens (including phenoxy) is 3. The molecule has 0 saturated carbocycles. The minimum Gasteiger partial charge on any atom is -0.478 e. The first-order valence-corrected chi connectivity index (χ1v) is 14.8. The van der Waals surface area contributed by atoms with Crippen LogP contribution in [0.2, 0.25) is 0 Å². The van der Waals surface area contributed by atoms with E-state index < -0.39 is 139 Å². The van der Waals surface area contributed by atoms with Gasteiger partial charge in [0.2, 0.25) is 17.4 Å². The second-order valence-corrected chi connectivity index (χ2v) is 12.6. The molecular formula is C28H46O20. The molecule has 0 spiro atoms. The standard InChI is InChI=1S/C28H46O20/c1-9(2)4-5-25(27(44)22(39)19(36)16(33)12(7-30)47-27,28(45)23(40)20(37)17(34)13(8-31)48-28)10(3)14(24(41)42)26(43)21(38)18(35)15(32)11(6-29)46-26/h4,11-13,15-23,29-40,43-45H,5-8H2,1-3H3,(H,41,42)/b14-10-. The Bertz CT molecular complexity index is 1180. The van der Waals surface area contributed by atoms with Gasteiger partial charge >= 0.3 is 5.97 Å². The smallest absolute Gasteiger partial charge is 0.337 e. The number of rotatable bonds is 10. The third-order valence-electron chi connectivity index (χ3n) is 9.53. The minimum absolute atomic E-state index is 0.289. The van der Waals surface area contributed by atoms with Gasteiger partial charge in [0.25, 0.3) is 0 Å². The summed E-state index contributed by atoms with van der Waals surface area (Å²) >= 11 is 0. The first-order chi connectivity index (χ1) is 22.1. The largest absolute Gasteiger partial charge is 0.478 e. The van der Waals surface area contributed by atoms with Crippen LogP contribution in [0.4, 0.5) is 0 Å². The summed E-state index contributed by atoms with van der Waals surface area (Å²) in [5.41, 5.74) is -5.98. The molecule has 0 radical (unpaired) electrons. The van der Waals surface area contributed by atoms with Crippen LogP contribution in [0.15, 0.2) is 22.8 Å². The number of carboxylic acid groups (broad SMARTS) is 1. The number of hydrogen-bond donors (Lipinski definition) is 16. The molecule has 3 aliphatic heterocycles. The molecule has 16 N–H and O–H groups in total. The second kappa shape index (κ2) is 14.5. The van der Waals surface area contributed by atoms with Gasteiger partial charge in [0.15, 0.2) is 0 Å². The molecule has 0 aromatic rings. The van der Waals surface area contributed by atoms with Crippen molar-refractivity contribution in [3.63, 3.8) is 0 Å². The van der Waals surface area contributed by atoms with Crippen LogP contribution in [0.1, 0.15) is 27.2 Å². The maximum absolute atomic E-state index is 13.1. The van der Waals surface area contributed by atoms with E-state index in [1.807, 2.05) is 0 Å². The Balaban J connectivity index is 2.65. The fourth-order valence-corrected chi connectivity index (χ4v) is 6.77. The van der Waals surface area contributed by atoms with Crippen LogP contribution in [-0.2, 0) is 19.0 Å². The molecule has 0 aromatic heterocycles. The number of allylic oxidation sites excluding steroid dienone is 2. The molecule has 48 heavy (non-hydrogen) atoms. The average Bonchev–Trinajstić information content (AvgIpc) is 3.03. The predicted octanol–water partition coefficient (Wildman–Crippen LogP) is -7.78. The lowest BCUT2D eigenvalue weighted by atomic mass is 9.57. The average molecular weight is 703 g/mol. The van der Waals surface area contributed by atoms with Crippen molar-refractivity contribution in [3.05, 3.63) is 22.8 Å². The number of carbonyl (C=O) groups is 1. The fraction of sp³-hybridized carbons (Fsp3) is 0.821. The van der Waals surface area contributed by atoms with Crippen molar-refractivity contribution in [2.24, 2.45) is 5.41 Å². The van der Waals surface area contributed by atoms with E-state index in [-0.39, 0.29) is 5.57 Å². The maximum Gasteiger partial charge on any atom is 0.337 e. The number of aliphatic hydroxyl groups excluding tert-OH is 12. The number of carboxylic acids is 1. The summed E-state index contributed by atoms with van der Waals surface area (Å²) < 4.78 is 16.2. The Morgan fingerprint density at radius 1 is 0.625 bits per heavy atom. The molecule has 3 aliphatic rings. The van der Waals surface area contributed by atoms with Crippen molar-refractivity contribution in [1.29, 1.82) is 0 Å². The van der Waals surface area contributed by atoms with Crippen LogP contribution in [0.25, 0.3) is 0 Å². The molecule has 15 unspecified atom stereocenters. The predicted molar refractivity (Wildman–Crippen MR) is 152 cm³/mol. The van der Waals surface area contributed by atoms with Gasteiger partial charge in [-0.15, -0.1) is 0 Å². The number of hydrogen-bond acceptors (Lipinski definition) is 19. The molecule has 3 heterocycles. The van der Waals surface area contributed by atoms with Crippen LogP contribution < -0.4 is 0 Å². The molecular weight excluding hydrogens is 656 g/mol. The van der Waals surface area contributed by atoms with E-state index in [2.05, 4.69) is 0 Å². The van der Waals surface area contributed by atoms with E-state index in [9.17, 15) is 86.5 Å². The Morgan fingerprint density at radius 3 is 1.31 bits per heavy atom. The summed E-state index contributed by atoms with van der Waals surface area (Å²) in [4.78, 5) is 13.1. The fourth-order valence-electron chi connectivity index (χ4n) is 6.77. The van der Waals surface area contributed by atoms with E-state index in [0.29, 0.717) is 6.92 Å². The number of aliphatic hydroxyl groups is 15. The van der Waals surface area contributed by atoms with Gasteiger partial charge in [-0.25, -0.2) is 4.79 Å². The molecule has 0 aliphatic carbocycles. The highest BCUT2D eigenvalue weighted by atomic mass is 16.7. The molecule has 20 nitrogen and oxygen atoms in total. The topological polar surface area (TPSA) is 368 Å². The van der Waals surface area contributed by atoms with Crippen molar-refractivity contribution < 1.29 is 101 Å². The lowest BCUT2D eigenvalue weighted by Gasteiger charge is -2.63. The van der Waals surface area contributed by atoms with Gasteiger partial charge in [-0.1, -0.05) is 11.6 Å². The SMILES string of the molecule is CC(C)=CCC(/C(C)=C(/C(=O)O)C1(O)OC(CO)C(O)C(O)C1O)(C1(O)OC(CO)C(O)C(O)C1O)C1(O)OC(CO)C(O)C(O)C1O. The summed E-state index contributed by atoms with van der Waals surface area (Å²) in [5.74, 6) is -13.6. The zero-order chi connectivity index (χ0) is 36.9. The van der Waals surface area contributed by atoms with Gasteiger partial charge in [-0.2, -0.15) is 0 Å². The van der Waals surface area contributed by atoms with Gasteiger partial charge in [-0.05, 0) is 32.8 Å². The zero-order valence-corrected chi connectivity index (χ0v) is 26.1. The van der Waals surface area contributed by atoms with Crippen LogP contribution in [0.3, 0.4) is 0 Å². The molecule has 15 atom stereocenters. The highest BCUT2D eigenvalue weighted by molar-refractivity contribution is 5.90. The van der Waals surface area contributed by atoms with E-state index in [1.54, 1.807) is 0 Å². The van der Waals surface area contributed by atoms with Crippen molar-refractivity contribution in [3.8, 4) is 0 Å². The van der Waals surface area contributed by atoms with Crippen LogP contribution in [0.5, 0.6) is 0 Å². The molecule has 3 fully saturated rings. The van der Waals surface area contributed by atoms with Crippen LogP contribution in [0, 0.1) is 5.41 Å². The highest BCUT2D eigenvalue weighted by Crippen LogP contribution is 2.60. The summed E-state index contributed by atoms with van der Waals surface area (Å²) in [6, 6.07) is 0. The van der Waals surface area contributed by atoms with E-state index in [0.717, 1.165) is 6.08 Å². The third-order valence-corrected chi connectivity index (χ3v) is 9.53. The van der Waals surface area contributed by atoms with Gasteiger partial charge < -0.3 is 95.9 Å². The summed E-state index contributed by atoms with van der Waals surface area (Å²) in [7, 11) is 0. The van der Waals surface area contributed by atoms with E-state index in [1.165, 1.54) is 13.8 Å².